The summed E-state index contributed by atoms with van der Waals surface area (Å²) in [7, 11) is 0. The van der Waals surface area contributed by atoms with Crippen LogP contribution >= 0.6 is 0 Å². The zero-order valence-electron chi connectivity index (χ0n) is 14.2. The Kier molecular flexibility index (Phi) is 3.59. The van der Waals surface area contributed by atoms with Gasteiger partial charge in [0.15, 0.2) is 11.5 Å². The molecule has 2 aliphatic heterocycles. The van der Waals surface area contributed by atoms with Gasteiger partial charge < -0.3 is 19.7 Å². The predicted octanol–water partition coefficient (Wildman–Crippen LogP) is 4.03. The van der Waals surface area contributed by atoms with Crippen molar-refractivity contribution in [1.29, 1.82) is 0 Å². The van der Waals surface area contributed by atoms with E-state index in [0.29, 0.717) is 0 Å². The minimum Gasteiger partial charge on any atom is -0.454 e. The van der Waals surface area contributed by atoms with Gasteiger partial charge in [0.05, 0.1) is 0 Å². The molecule has 0 amide bonds. The molecule has 6 heteroatoms. The van der Waals surface area contributed by atoms with Gasteiger partial charge in [-0.1, -0.05) is 18.2 Å². The van der Waals surface area contributed by atoms with Crippen molar-refractivity contribution in [1.82, 2.24) is 9.97 Å². The number of hydrogen-bond acceptors (Lipinski definition) is 6. The van der Waals surface area contributed by atoms with E-state index in [2.05, 4.69) is 44.5 Å². The van der Waals surface area contributed by atoms with Gasteiger partial charge in [-0.15, -0.1) is 0 Å². The van der Waals surface area contributed by atoms with Gasteiger partial charge in [0.2, 0.25) is 6.79 Å². The van der Waals surface area contributed by atoms with Crippen LogP contribution < -0.4 is 19.7 Å². The number of fused-ring (bicyclic) bond motifs is 2. The van der Waals surface area contributed by atoms with E-state index in [9.17, 15) is 0 Å². The predicted molar refractivity (Wildman–Crippen MR) is 99.6 cm³/mol. The fourth-order valence-corrected chi connectivity index (χ4v) is 3.46. The van der Waals surface area contributed by atoms with Crippen molar-refractivity contribution >= 4 is 23.0 Å². The van der Waals surface area contributed by atoms with E-state index < -0.39 is 0 Å². The number of nitrogens with zero attached hydrogens (tertiary/aromatic N) is 3. The van der Waals surface area contributed by atoms with Gasteiger partial charge >= 0.3 is 0 Å². The van der Waals surface area contributed by atoms with Crippen molar-refractivity contribution < 1.29 is 9.47 Å². The summed E-state index contributed by atoms with van der Waals surface area (Å²) >= 11 is 0. The summed E-state index contributed by atoms with van der Waals surface area (Å²) < 4.78 is 10.8. The molecular weight excluding hydrogens is 328 g/mol. The number of benzene rings is 2. The topological polar surface area (TPSA) is 59.5 Å². The number of rotatable bonds is 3. The maximum absolute atomic E-state index is 5.43. The van der Waals surface area contributed by atoms with Gasteiger partial charge in [0.1, 0.15) is 18.0 Å². The second-order valence-corrected chi connectivity index (χ2v) is 6.34. The van der Waals surface area contributed by atoms with Crippen LogP contribution in [0.4, 0.5) is 23.0 Å². The summed E-state index contributed by atoms with van der Waals surface area (Å²) in [6, 6.07) is 16.3. The highest BCUT2D eigenvalue weighted by Crippen LogP contribution is 2.36. The normalized spacial score (nSPS) is 14.8. The molecule has 0 radical (unpaired) electrons. The fraction of sp³-hybridized carbons (Fsp3) is 0.200. The van der Waals surface area contributed by atoms with E-state index >= 15 is 0 Å². The summed E-state index contributed by atoms with van der Waals surface area (Å²) in [6.45, 7) is 1.22. The summed E-state index contributed by atoms with van der Waals surface area (Å²) in [6.07, 6.45) is 3.83. The van der Waals surface area contributed by atoms with E-state index in [4.69, 9.17) is 9.47 Å². The molecule has 3 heterocycles. The minimum absolute atomic E-state index is 0.269. The molecule has 0 fully saturated rings. The summed E-state index contributed by atoms with van der Waals surface area (Å²) in [5.41, 5.74) is 3.49. The summed E-state index contributed by atoms with van der Waals surface area (Å²) in [4.78, 5) is 11.1. The van der Waals surface area contributed by atoms with Gasteiger partial charge in [0.25, 0.3) is 0 Å². The molecule has 130 valence electrons. The van der Waals surface area contributed by atoms with Crippen LogP contribution in [0.15, 0.2) is 54.9 Å². The van der Waals surface area contributed by atoms with Crippen LogP contribution in [0.5, 0.6) is 11.5 Å². The standard InChI is InChI=1S/C20H18N4O2/c1-2-6-16-14(4-1)5-3-9-24(16)20-11-19(21-12-22-20)23-15-7-8-17-18(10-15)26-13-25-17/h1-2,4,6-8,10-12H,3,5,9,13H2,(H,21,22,23). The second-order valence-electron chi connectivity index (χ2n) is 6.34. The third-order valence-electron chi connectivity index (χ3n) is 4.68. The molecule has 5 rings (SSSR count). The third-order valence-corrected chi connectivity index (χ3v) is 4.68. The first-order chi connectivity index (χ1) is 12.9. The van der Waals surface area contributed by atoms with Crippen LogP contribution in [-0.2, 0) is 6.42 Å². The molecular formula is C20H18N4O2. The minimum atomic E-state index is 0.269. The van der Waals surface area contributed by atoms with Crippen molar-refractivity contribution in [2.75, 3.05) is 23.6 Å². The average molecular weight is 346 g/mol. The Bertz CT molecular complexity index is 960. The number of anilines is 4. The molecule has 0 aliphatic carbocycles. The SMILES string of the molecule is c1ccc2c(c1)CCCN2c1cc(Nc2ccc3c(c2)OCO3)ncn1. The number of hydrogen-bond donors (Lipinski definition) is 1. The van der Waals surface area contributed by atoms with Crippen LogP contribution in [0.2, 0.25) is 0 Å². The molecule has 0 saturated heterocycles. The van der Waals surface area contributed by atoms with Gasteiger partial charge in [-0.05, 0) is 36.6 Å². The van der Waals surface area contributed by atoms with E-state index in [0.717, 1.165) is 48.2 Å². The molecule has 1 aromatic heterocycles. The van der Waals surface area contributed by atoms with E-state index in [1.807, 2.05) is 24.3 Å². The molecule has 0 saturated carbocycles. The zero-order valence-corrected chi connectivity index (χ0v) is 14.2. The lowest BCUT2D eigenvalue weighted by Crippen LogP contribution is -2.25. The zero-order chi connectivity index (χ0) is 17.3. The van der Waals surface area contributed by atoms with Crippen LogP contribution in [0.1, 0.15) is 12.0 Å². The molecule has 1 N–H and O–H groups in total. The first-order valence-electron chi connectivity index (χ1n) is 8.71. The Morgan fingerprint density at radius 2 is 1.88 bits per heavy atom. The van der Waals surface area contributed by atoms with Crippen LogP contribution in [0.25, 0.3) is 0 Å². The highest BCUT2D eigenvalue weighted by molar-refractivity contribution is 5.69. The first-order valence-corrected chi connectivity index (χ1v) is 8.71. The fourth-order valence-electron chi connectivity index (χ4n) is 3.46. The van der Waals surface area contributed by atoms with Gasteiger partial charge in [-0.2, -0.15) is 0 Å². The maximum Gasteiger partial charge on any atom is 0.231 e. The van der Waals surface area contributed by atoms with Crippen molar-refractivity contribution in [3.8, 4) is 11.5 Å². The molecule has 26 heavy (non-hydrogen) atoms. The number of aromatic nitrogens is 2. The Hall–Kier alpha value is -3.28. The second kappa shape index (κ2) is 6.22. The van der Waals surface area contributed by atoms with Crippen LogP contribution in [0.3, 0.4) is 0 Å². The van der Waals surface area contributed by atoms with Crippen molar-refractivity contribution in [2.45, 2.75) is 12.8 Å². The first kappa shape index (κ1) is 15.0. The lowest BCUT2D eigenvalue weighted by atomic mass is 10.0. The van der Waals surface area contributed by atoms with Crippen LogP contribution in [0, 0.1) is 0 Å². The Morgan fingerprint density at radius 1 is 0.962 bits per heavy atom. The lowest BCUT2D eigenvalue weighted by molar-refractivity contribution is 0.174. The lowest BCUT2D eigenvalue weighted by Gasteiger charge is -2.30. The quantitative estimate of drug-likeness (QED) is 0.772. The molecule has 6 nitrogen and oxygen atoms in total. The smallest absolute Gasteiger partial charge is 0.231 e. The molecule has 0 unspecified atom stereocenters. The van der Waals surface area contributed by atoms with Crippen molar-refractivity contribution in [3.05, 3.63) is 60.4 Å². The molecule has 0 spiro atoms. The number of para-hydroxylation sites is 1. The molecule has 0 atom stereocenters. The number of aryl methyl sites for hydroxylation is 1. The molecule has 3 aromatic rings. The Balaban J connectivity index is 1.43. The van der Waals surface area contributed by atoms with Gasteiger partial charge in [0, 0.05) is 30.1 Å². The third kappa shape index (κ3) is 2.69. The molecule has 2 aromatic carbocycles. The Labute approximate surface area is 151 Å². The monoisotopic (exact) mass is 346 g/mol. The van der Waals surface area contributed by atoms with Gasteiger partial charge in [-0.25, -0.2) is 9.97 Å². The highest BCUT2D eigenvalue weighted by atomic mass is 16.7. The average Bonchev–Trinajstić information content (AvgIpc) is 3.16. The van der Waals surface area contributed by atoms with E-state index in [1.54, 1.807) is 6.33 Å². The number of nitrogens with one attached hydrogen (secondary N) is 1. The highest BCUT2D eigenvalue weighted by Gasteiger charge is 2.19. The van der Waals surface area contributed by atoms with Gasteiger partial charge in [-0.3, -0.25) is 0 Å². The number of ether oxygens (including phenoxy) is 2. The summed E-state index contributed by atoms with van der Waals surface area (Å²) in [5, 5.41) is 3.32. The maximum atomic E-state index is 5.43. The largest absolute Gasteiger partial charge is 0.454 e. The molecule has 2 aliphatic rings. The molecule has 0 bridgehead atoms. The van der Waals surface area contributed by atoms with E-state index in [-0.39, 0.29) is 6.79 Å². The van der Waals surface area contributed by atoms with Crippen molar-refractivity contribution in [2.24, 2.45) is 0 Å². The van der Waals surface area contributed by atoms with Crippen LogP contribution in [-0.4, -0.2) is 23.3 Å². The van der Waals surface area contributed by atoms with Crippen molar-refractivity contribution in [3.63, 3.8) is 0 Å². The Morgan fingerprint density at radius 3 is 2.88 bits per heavy atom. The summed E-state index contributed by atoms with van der Waals surface area (Å²) in [5.74, 6) is 3.16. The van der Waals surface area contributed by atoms with E-state index in [1.165, 1.54) is 11.3 Å².